The van der Waals surface area contributed by atoms with Crippen molar-refractivity contribution in [3.63, 3.8) is 0 Å². The fourth-order valence-corrected chi connectivity index (χ4v) is 5.79. The molecular formula is C25H24Cl3N3O4S. The van der Waals surface area contributed by atoms with Gasteiger partial charge in [0.2, 0.25) is 11.8 Å². The molecule has 0 saturated heterocycles. The van der Waals surface area contributed by atoms with E-state index in [4.69, 9.17) is 34.8 Å². The Morgan fingerprint density at radius 1 is 0.861 bits per heavy atom. The van der Waals surface area contributed by atoms with Crippen molar-refractivity contribution >= 4 is 62.3 Å². The number of hydrogen-bond acceptors (Lipinski definition) is 4. The van der Waals surface area contributed by atoms with Crippen LogP contribution in [0, 0.1) is 0 Å². The summed E-state index contributed by atoms with van der Waals surface area (Å²) in [7, 11) is -2.75. The van der Waals surface area contributed by atoms with Crippen LogP contribution in [-0.2, 0) is 26.2 Å². The average Bonchev–Trinajstić information content (AvgIpc) is 2.87. The molecule has 0 heterocycles. The molecule has 0 saturated carbocycles. The van der Waals surface area contributed by atoms with Crippen molar-refractivity contribution in [2.45, 2.75) is 24.4 Å². The van der Waals surface area contributed by atoms with E-state index in [1.54, 1.807) is 48.5 Å². The summed E-state index contributed by atoms with van der Waals surface area (Å²) < 4.78 is 28.2. The van der Waals surface area contributed by atoms with Gasteiger partial charge in [-0.1, -0.05) is 71.2 Å². The van der Waals surface area contributed by atoms with Crippen molar-refractivity contribution in [3.8, 4) is 0 Å². The normalized spacial score (nSPS) is 12.0. The van der Waals surface area contributed by atoms with Gasteiger partial charge in [0.15, 0.2) is 0 Å². The minimum atomic E-state index is -4.20. The molecule has 3 aromatic carbocycles. The number of sulfonamides is 1. The van der Waals surface area contributed by atoms with E-state index in [2.05, 4.69) is 5.32 Å². The summed E-state index contributed by atoms with van der Waals surface area (Å²) in [5.41, 5.74) is 0.555. The van der Waals surface area contributed by atoms with Gasteiger partial charge in [0.1, 0.15) is 12.6 Å². The predicted molar refractivity (Wildman–Crippen MR) is 143 cm³/mol. The summed E-state index contributed by atoms with van der Waals surface area (Å²) in [6.45, 7) is 0.797. The maximum Gasteiger partial charge on any atom is 0.264 e. The maximum absolute atomic E-state index is 13.7. The molecule has 7 nitrogen and oxygen atoms in total. The van der Waals surface area contributed by atoms with Crippen LogP contribution in [0.1, 0.15) is 12.5 Å². The fraction of sp³-hybridized carbons (Fsp3) is 0.200. The molecular weight excluding hydrogens is 545 g/mol. The summed E-state index contributed by atoms with van der Waals surface area (Å²) in [6.07, 6.45) is 0. The van der Waals surface area contributed by atoms with Crippen LogP contribution in [0.5, 0.6) is 0 Å². The maximum atomic E-state index is 13.7. The number of carbonyl (C=O) groups is 2. The van der Waals surface area contributed by atoms with Crippen LogP contribution in [0.2, 0.25) is 15.1 Å². The first-order valence-corrected chi connectivity index (χ1v) is 13.4. The molecule has 36 heavy (non-hydrogen) atoms. The number of anilines is 1. The first-order valence-electron chi connectivity index (χ1n) is 10.8. The van der Waals surface area contributed by atoms with Crippen LogP contribution in [0.25, 0.3) is 0 Å². The van der Waals surface area contributed by atoms with E-state index in [9.17, 15) is 18.0 Å². The molecule has 3 rings (SSSR count). The number of nitrogens with zero attached hydrogens (tertiary/aromatic N) is 2. The van der Waals surface area contributed by atoms with E-state index in [1.165, 1.54) is 43.1 Å². The van der Waals surface area contributed by atoms with Crippen LogP contribution < -0.4 is 9.62 Å². The Labute approximate surface area is 225 Å². The van der Waals surface area contributed by atoms with Gasteiger partial charge in [0.25, 0.3) is 10.0 Å². The standard InChI is InChI=1S/C25H24Cl3N3O4S/c1-17(25(33)29-2)30(15-19-20(26)12-8-13-21(19)27)24(32)16-31(23-14-7-6-11-22(23)28)36(34,35)18-9-4-3-5-10-18/h3-14,17H,15-16H2,1-2H3,(H,29,33). The number of rotatable bonds is 9. The Balaban J connectivity index is 2.07. The molecule has 2 amide bonds. The fourth-order valence-electron chi connectivity index (χ4n) is 3.53. The van der Waals surface area contributed by atoms with Gasteiger partial charge in [-0.25, -0.2) is 8.42 Å². The predicted octanol–water partition coefficient (Wildman–Crippen LogP) is 5.01. The third kappa shape index (κ3) is 6.13. The first kappa shape index (κ1) is 27.8. The Bertz CT molecular complexity index is 1330. The number of likely N-dealkylation sites (N-methyl/N-ethyl adjacent to an activating group) is 1. The Morgan fingerprint density at radius 2 is 1.42 bits per heavy atom. The van der Waals surface area contributed by atoms with E-state index in [0.29, 0.717) is 15.6 Å². The Kier molecular flexibility index (Phi) is 9.24. The number of halogens is 3. The highest BCUT2D eigenvalue weighted by atomic mass is 35.5. The zero-order valence-corrected chi connectivity index (χ0v) is 22.6. The number of hydrogen-bond donors (Lipinski definition) is 1. The van der Waals surface area contributed by atoms with Gasteiger partial charge < -0.3 is 10.2 Å². The molecule has 0 aliphatic heterocycles. The second-order valence-corrected chi connectivity index (χ2v) is 10.9. The van der Waals surface area contributed by atoms with Crippen LogP contribution >= 0.6 is 34.8 Å². The second-order valence-electron chi connectivity index (χ2n) is 7.79. The number of carbonyl (C=O) groups excluding carboxylic acids is 2. The quantitative estimate of drug-likeness (QED) is 0.393. The third-order valence-electron chi connectivity index (χ3n) is 5.54. The van der Waals surface area contributed by atoms with E-state index < -0.39 is 34.4 Å². The monoisotopic (exact) mass is 567 g/mol. The van der Waals surface area contributed by atoms with Crippen molar-refractivity contribution in [3.05, 3.63) is 93.4 Å². The summed E-state index contributed by atoms with van der Waals surface area (Å²) in [5.74, 6) is -1.09. The van der Waals surface area contributed by atoms with E-state index in [-0.39, 0.29) is 22.2 Å². The minimum Gasteiger partial charge on any atom is -0.357 e. The molecule has 1 atom stereocenters. The molecule has 190 valence electrons. The molecule has 11 heteroatoms. The van der Waals surface area contributed by atoms with Gasteiger partial charge in [0.05, 0.1) is 15.6 Å². The summed E-state index contributed by atoms with van der Waals surface area (Å²) in [5, 5.41) is 3.28. The highest BCUT2D eigenvalue weighted by Gasteiger charge is 2.33. The largest absolute Gasteiger partial charge is 0.357 e. The van der Waals surface area contributed by atoms with Crippen molar-refractivity contribution < 1.29 is 18.0 Å². The van der Waals surface area contributed by atoms with E-state index in [0.717, 1.165) is 4.31 Å². The molecule has 3 aromatic rings. The van der Waals surface area contributed by atoms with Crippen molar-refractivity contribution in [1.82, 2.24) is 10.2 Å². The van der Waals surface area contributed by atoms with Crippen LogP contribution in [0.15, 0.2) is 77.7 Å². The molecule has 0 spiro atoms. The second kappa shape index (κ2) is 12.0. The number of benzene rings is 3. The molecule has 0 aliphatic carbocycles. The lowest BCUT2D eigenvalue weighted by atomic mass is 10.1. The van der Waals surface area contributed by atoms with Crippen molar-refractivity contribution in [1.29, 1.82) is 0 Å². The zero-order valence-electron chi connectivity index (χ0n) is 19.5. The molecule has 1 N–H and O–H groups in total. The molecule has 0 aliphatic rings. The number of nitrogens with one attached hydrogen (secondary N) is 1. The lowest BCUT2D eigenvalue weighted by Crippen LogP contribution is -2.50. The first-order chi connectivity index (χ1) is 17.1. The van der Waals surface area contributed by atoms with Gasteiger partial charge in [-0.15, -0.1) is 0 Å². The molecule has 0 radical (unpaired) electrons. The van der Waals surface area contributed by atoms with Crippen LogP contribution in [0.4, 0.5) is 5.69 Å². The summed E-state index contributed by atoms with van der Waals surface area (Å²) in [4.78, 5) is 27.5. The van der Waals surface area contributed by atoms with E-state index >= 15 is 0 Å². The number of amides is 2. The molecule has 1 unspecified atom stereocenters. The molecule has 0 bridgehead atoms. The minimum absolute atomic E-state index is 0.0160. The highest BCUT2D eigenvalue weighted by molar-refractivity contribution is 7.92. The van der Waals surface area contributed by atoms with E-state index in [1.807, 2.05) is 0 Å². The SMILES string of the molecule is CNC(=O)C(C)N(Cc1c(Cl)cccc1Cl)C(=O)CN(c1ccccc1Cl)S(=O)(=O)c1ccccc1. The summed E-state index contributed by atoms with van der Waals surface area (Å²) in [6, 6.07) is 18.0. The zero-order chi connectivity index (χ0) is 26.5. The highest BCUT2D eigenvalue weighted by Crippen LogP contribution is 2.31. The van der Waals surface area contributed by atoms with Crippen LogP contribution in [0.3, 0.4) is 0 Å². The summed E-state index contributed by atoms with van der Waals surface area (Å²) >= 11 is 19.0. The number of para-hydroxylation sites is 1. The van der Waals surface area contributed by atoms with Crippen molar-refractivity contribution in [2.75, 3.05) is 17.9 Å². The van der Waals surface area contributed by atoms with Gasteiger partial charge in [-0.2, -0.15) is 0 Å². The topological polar surface area (TPSA) is 86.8 Å². The van der Waals surface area contributed by atoms with Gasteiger partial charge in [0, 0.05) is 29.2 Å². The third-order valence-corrected chi connectivity index (χ3v) is 8.34. The average molecular weight is 569 g/mol. The van der Waals surface area contributed by atoms with Crippen molar-refractivity contribution in [2.24, 2.45) is 0 Å². The Morgan fingerprint density at radius 3 is 2.00 bits per heavy atom. The molecule has 0 fully saturated rings. The lowest BCUT2D eigenvalue weighted by Gasteiger charge is -2.32. The Hall–Kier alpha value is -2.78. The lowest BCUT2D eigenvalue weighted by molar-refractivity contribution is -0.139. The smallest absolute Gasteiger partial charge is 0.264 e. The van der Waals surface area contributed by atoms with Gasteiger partial charge in [-0.05, 0) is 43.3 Å². The van der Waals surface area contributed by atoms with Gasteiger partial charge in [-0.3, -0.25) is 13.9 Å². The van der Waals surface area contributed by atoms with Crippen LogP contribution in [-0.4, -0.2) is 44.8 Å². The van der Waals surface area contributed by atoms with Gasteiger partial charge >= 0.3 is 0 Å². The molecule has 0 aromatic heterocycles.